The first-order chi connectivity index (χ1) is 10.1. The molecule has 6 heteroatoms. The minimum Gasteiger partial charge on any atom is -0.357 e. The lowest BCUT2D eigenvalue weighted by Crippen LogP contribution is -2.37. The Morgan fingerprint density at radius 1 is 1.23 bits per heavy atom. The summed E-state index contributed by atoms with van der Waals surface area (Å²) in [5, 5.41) is 6.46. The summed E-state index contributed by atoms with van der Waals surface area (Å²) in [6.07, 6.45) is 1.05. The van der Waals surface area contributed by atoms with E-state index in [-0.39, 0.29) is 29.8 Å². The van der Waals surface area contributed by atoms with E-state index in [2.05, 4.69) is 22.5 Å². The summed E-state index contributed by atoms with van der Waals surface area (Å²) in [6.45, 7) is 7.00. The van der Waals surface area contributed by atoms with Gasteiger partial charge < -0.3 is 15.5 Å². The molecule has 0 bridgehead atoms. The number of hydrogen-bond acceptors (Lipinski definition) is 2. The van der Waals surface area contributed by atoms with Crippen LogP contribution in [0.3, 0.4) is 0 Å². The van der Waals surface area contributed by atoms with Gasteiger partial charge in [-0.25, -0.2) is 9.38 Å². The highest BCUT2D eigenvalue weighted by Gasteiger charge is 2.05. The molecule has 0 atom stereocenters. The molecule has 0 saturated heterocycles. The molecule has 0 radical (unpaired) electrons. The lowest BCUT2D eigenvalue weighted by Gasteiger charge is -2.12. The van der Waals surface area contributed by atoms with Crippen LogP contribution in [0.1, 0.15) is 31.4 Å². The predicted molar refractivity (Wildman–Crippen MR) is 102 cm³/mol. The molecular formula is C16H28FIN4. The third kappa shape index (κ3) is 7.93. The molecule has 0 heterocycles. The summed E-state index contributed by atoms with van der Waals surface area (Å²) in [6, 6.07) is 5.21. The van der Waals surface area contributed by atoms with E-state index in [0.29, 0.717) is 18.7 Å². The molecule has 126 valence electrons. The van der Waals surface area contributed by atoms with Crippen molar-refractivity contribution in [2.75, 3.05) is 27.2 Å². The molecule has 0 aliphatic carbocycles. The van der Waals surface area contributed by atoms with E-state index < -0.39 is 0 Å². The number of benzene rings is 1. The maximum absolute atomic E-state index is 13.7. The second-order valence-corrected chi connectivity index (χ2v) is 5.29. The van der Waals surface area contributed by atoms with Gasteiger partial charge in [-0.2, -0.15) is 0 Å². The van der Waals surface area contributed by atoms with E-state index in [1.165, 1.54) is 6.07 Å². The van der Waals surface area contributed by atoms with Gasteiger partial charge >= 0.3 is 0 Å². The standard InChI is InChI=1S/C16H27FN4.HI/c1-5-9-19-16(18-6-2)20-11-13-7-8-15(17)14(10-13)12-21(3)4;/h7-8,10H,5-6,9,11-12H2,1-4H3,(H2,18,19,20);1H. The van der Waals surface area contributed by atoms with E-state index in [4.69, 9.17) is 0 Å². The Labute approximate surface area is 150 Å². The Kier molecular flexibility index (Phi) is 11.2. The molecule has 0 amide bonds. The van der Waals surface area contributed by atoms with Gasteiger partial charge in [0.1, 0.15) is 5.82 Å². The lowest BCUT2D eigenvalue weighted by molar-refractivity contribution is 0.392. The maximum atomic E-state index is 13.7. The fourth-order valence-electron chi connectivity index (χ4n) is 1.94. The number of aliphatic imine (C=N–C) groups is 1. The van der Waals surface area contributed by atoms with Crippen molar-refractivity contribution < 1.29 is 4.39 Å². The van der Waals surface area contributed by atoms with Gasteiger partial charge in [-0.3, -0.25) is 0 Å². The fraction of sp³-hybridized carbons (Fsp3) is 0.562. The highest BCUT2D eigenvalue weighted by atomic mass is 127. The highest BCUT2D eigenvalue weighted by Crippen LogP contribution is 2.13. The number of hydrogen-bond donors (Lipinski definition) is 2. The molecule has 2 N–H and O–H groups in total. The fourth-order valence-corrected chi connectivity index (χ4v) is 1.94. The number of rotatable bonds is 7. The zero-order valence-electron chi connectivity index (χ0n) is 13.9. The molecule has 1 rings (SSSR count). The lowest BCUT2D eigenvalue weighted by atomic mass is 10.1. The van der Waals surface area contributed by atoms with Crippen molar-refractivity contribution in [1.29, 1.82) is 0 Å². The molecule has 0 aliphatic rings. The molecule has 0 fully saturated rings. The van der Waals surface area contributed by atoms with Gasteiger partial charge in [0.15, 0.2) is 5.96 Å². The Hall–Kier alpha value is -0.890. The van der Waals surface area contributed by atoms with Crippen molar-refractivity contribution in [2.24, 2.45) is 4.99 Å². The van der Waals surface area contributed by atoms with Gasteiger partial charge in [0.25, 0.3) is 0 Å². The molecule has 0 spiro atoms. The van der Waals surface area contributed by atoms with E-state index in [0.717, 1.165) is 31.0 Å². The van der Waals surface area contributed by atoms with Crippen LogP contribution < -0.4 is 10.6 Å². The largest absolute Gasteiger partial charge is 0.357 e. The van der Waals surface area contributed by atoms with Gasteiger partial charge in [0.2, 0.25) is 0 Å². The average Bonchev–Trinajstić information content (AvgIpc) is 2.44. The minimum atomic E-state index is -0.160. The van der Waals surface area contributed by atoms with Crippen LogP contribution >= 0.6 is 24.0 Å². The number of nitrogens with one attached hydrogen (secondary N) is 2. The van der Waals surface area contributed by atoms with Crippen LogP contribution in [0.2, 0.25) is 0 Å². The summed E-state index contributed by atoms with van der Waals surface area (Å²) in [7, 11) is 3.87. The molecule has 1 aromatic carbocycles. The quantitative estimate of drug-likeness (QED) is 0.403. The average molecular weight is 422 g/mol. The van der Waals surface area contributed by atoms with Gasteiger partial charge in [-0.1, -0.05) is 13.0 Å². The normalized spacial score (nSPS) is 11.3. The van der Waals surface area contributed by atoms with E-state index >= 15 is 0 Å². The first-order valence-corrected chi connectivity index (χ1v) is 7.51. The van der Waals surface area contributed by atoms with Crippen molar-refractivity contribution in [3.05, 3.63) is 35.1 Å². The molecule has 4 nitrogen and oxygen atoms in total. The van der Waals surface area contributed by atoms with Crippen molar-refractivity contribution in [3.8, 4) is 0 Å². The Balaban J connectivity index is 0.00000441. The molecule has 22 heavy (non-hydrogen) atoms. The molecule has 0 aromatic heterocycles. The second-order valence-electron chi connectivity index (χ2n) is 5.29. The SMILES string of the molecule is CCCNC(=NCc1ccc(F)c(CN(C)C)c1)NCC.I. The van der Waals surface area contributed by atoms with Crippen LogP contribution in [-0.2, 0) is 13.1 Å². The van der Waals surface area contributed by atoms with Crippen molar-refractivity contribution >= 4 is 29.9 Å². The first kappa shape index (κ1) is 21.1. The second kappa shape index (κ2) is 11.6. The van der Waals surface area contributed by atoms with E-state index in [1.807, 2.05) is 32.0 Å². The van der Waals surface area contributed by atoms with Crippen LogP contribution in [0.4, 0.5) is 4.39 Å². The topological polar surface area (TPSA) is 39.7 Å². The van der Waals surface area contributed by atoms with Crippen molar-refractivity contribution in [1.82, 2.24) is 15.5 Å². The number of halogens is 2. The van der Waals surface area contributed by atoms with Gasteiger partial charge in [0.05, 0.1) is 6.54 Å². The Bertz CT molecular complexity index is 463. The van der Waals surface area contributed by atoms with Crippen LogP contribution in [0.15, 0.2) is 23.2 Å². The van der Waals surface area contributed by atoms with Crippen LogP contribution in [0.5, 0.6) is 0 Å². The van der Waals surface area contributed by atoms with Gasteiger partial charge in [-0.15, -0.1) is 24.0 Å². The molecule has 0 unspecified atom stereocenters. The smallest absolute Gasteiger partial charge is 0.191 e. The molecular weight excluding hydrogens is 394 g/mol. The van der Waals surface area contributed by atoms with Crippen molar-refractivity contribution in [2.45, 2.75) is 33.4 Å². The zero-order chi connectivity index (χ0) is 15.7. The summed E-state index contributed by atoms with van der Waals surface area (Å²) in [4.78, 5) is 6.49. The third-order valence-electron chi connectivity index (χ3n) is 2.90. The maximum Gasteiger partial charge on any atom is 0.191 e. The van der Waals surface area contributed by atoms with Gasteiger partial charge in [-0.05, 0) is 45.1 Å². The molecule has 0 aliphatic heterocycles. The summed E-state index contributed by atoms with van der Waals surface area (Å²) >= 11 is 0. The first-order valence-electron chi connectivity index (χ1n) is 7.51. The summed E-state index contributed by atoms with van der Waals surface area (Å²) in [5.74, 6) is 0.644. The van der Waals surface area contributed by atoms with E-state index in [1.54, 1.807) is 6.07 Å². The molecule has 0 saturated carbocycles. The Morgan fingerprint density at radius 3 is 2.55 bits per heavy atom. The number of guanidine groups is 1. The van der Waals surface area contributed by atoms with Gasteiger partial charge in [0, 0.05) is 25.2 Å². The minimum absolute atomic E-state index is 0. The monoisotopic (exact) mass is 422 g/mol. The highest BCUT2D eigenvalue weighted by molar-refractivity contribution is 14.0. The predicted octanol–water partition coefficient (Wildman–Crippen LogP) is 2.97. The van der Waals surface area contributed by atoms with Crippen LogP contribution in [0.25, 0.3) is 0 Å². The number of nitrogens with zero attached hydrogens (tertiary/aromatic N) is 2. The third-order valence-corrected chi connectivity index (χ3v) is 2.90. The Morgan fingerprint density at radius 2 is 1.95 bits per heavy atom. The molecule has 1 aromatic rings. The van der Waals surface area contributed by atoms with Crippen molar-refractivity contribution in [3.63, 3.8) is 0 Å². The van der Waals surface area contributed by atoms with E-state index in [9.17, 15) is 4.39 Å². The zero-order valence-corrected chi connectivity index (χ0v) is 16.3. The van der Waals surface area contributed by atoms with Crippen LogP contribution in [-0.4, -0.2) is 38.0 Å². The summed E-state index contributed by atoms with van der Waals surface area (Å²) in [5.41, 5.74) is 1.72. The van der Waals surface area contributed by atoms with Crippen LogP contribution in [0, 0.1) is 5.82 Å². The summed E-state index contributed by atoms with van der Waals surface area (Å²) < 4.78 is 13.7.